The van der Waals surface area contributed by atoms with E-state index in [9.17, 15) is 14.7 Å². The van der Waals surface area contributed by atoms with Crippen molar-refractivity contribution in [3.63, 3.8) is 0 Å². The van der Waals surface area contributed by atoms with Crippen LogP contribution in [0.15, 0.2) is 72.4 Å². The molecule has 1 amide bonds. The largest absolute Gasteiger partial charge is 0.507 e. The number of rotatable bonds is 9. The second-order valence-corrected chi connectivity index (χ2v) is 8.76. The molecule has 8 heteroatoms. The smallest absolute Gasteiger partial charge is 0.296 e. The summed E-state index contributed by atoms with van der Waals surface area (Å²) in [6.45, 7) is 4.63. The number of Topliss-reactive ketones (excluding diaryl/α,β-unsaturated/α-hetero) is 1. The van der Waals surface area contributed by atoms with Crippen LogP contribution in [0.2, 0.25) is 0 Å². The van der Waals surface area contributed by atoms with Crippen LogP contribution in [0.25, 0.3) is 5.76 Å². The summed E-state index contributed by atoms with van der Waals surface area (Å²) >= 11 is 0. The van der Waals surface area contributed by atoms with Crippen molar-refractivity contribution < 1.29 is 24.2 Å². The molecule has 37 heavy (non-hydrogen) atoms. The normalized spacial score (nSPS) is 16.6. The molecule has 0 saturated carbocycles. The van der Waals surface area contributed by atoms with Gasteiger partial charge in [-0.1, -0.05) is 18.2 Å². The van der Waals surface area contributed by atoms with Crippen LogP contribution < -0.4 is 14.4 Å². The van der Waals surface area contributed by atoms with E-state index >= 15 is 0 Å². The number of aromatic nitrogens is 1. The molecule has 1 aromatic heterocycles. The molecule has 1 saturated heterocycles. The van der Waals surface area contributed by atoms with Crippen molar-refractivity contribution in [1.29, 1.82) is 0 Å². The topological polar surface area (TPSA) is 92.2 Å². The molecule has 1 fully saturated rings. The van der Waals surface area contributed by atoms with Crippen LogP contribution in [-0.2, 0) is 16.1 Å². The highest BCUT2D eigenvalue weighted by Crippen LogP contribution is 2.42. The number of nitrogens with zero attached hydrogens (tertiary/aromatic N) is 3. The summed E-state index contributed by atoms with van der Waals surface area (Å²) in [4.78, 5) is 34.5. The van der Waals surface area contributed by atoms with Gasteiger partial charge in [0.15, 0.2) is 0 Å². The maximum Gasteiger partial charge on any atom is 0.296 e. The number of hydrogen-bond acceptors (Lipinski definition) is 7. The van der Waals surface area contributed by atoms with Crippen molar-refractivity contribution in [3.05, 3.63) is 89.3 Å². The number of carbonyl (C=O) groups is 2. The lowest BCUT2D eigenvalue weighted by molar-refractivity contribution is -0.140. The molecule has 0 spiro atoms. The molecule has 0 aliphatic carbocycles. The van der Waals surface area contributed by atoms with Crippen LogP contribution in [-0.4, -0.2) is 54.0 Å². The SMILES string of the molecule is CCOc1ccc(/C(O)=C2/C(=O)C(=O)N(Cc3ccccn3)C2c2ccc(N(C)C)cc2)c(OCC)c1. The van der Waals surface area contributed by atoms with Crippen LogP contribution >= 0.6 is 0 Å². The third kappa shape index (κ3) is 5.28. The van der Waals surface area contributed by atoms with Crippen molar-refractivity contribution >= 4 is 23.1 Å². The fourth-order valence-electron chi connectivity index (χ4n) is 4.39. The zero-order chi connectivity index (χ0) is 26.5. The molecule has 1 N–H and O–H groups in total. The molecule has 4 rings (SSSR count). The number of ketones is 1. The van der Waals surface area contributed by atoms with E-state index in [2.05, 4.69) is 4.98 Å². The summed E-state index contributed by atoms with van der Waals surface area (Å²) in [6, 6.07) is 17.2. The summed E-state index contributed by atoms with van der Waals surface area (Å²) in [7, 11) is 3.87. The summed E-state index contributed by atoms with van der Waals surface area (Å²) in [5.74, 6) is -0.809. The van der Waals surface area contributed by atoms with Crippen LogP contribution in [0.3, 0.4) is 0 Å². The average Bonchev–Trinajstić information content (AvgIpc) is 3.14. The minimum atomic E-state index is -0.806. The van der Waals surface area contributed by atoms with E-state index in [1.807, 2.05) is 63.2 Å². The first kappa shape index (κ1) is 25.8. The highest BCUT2D eigenvalue weighted by Gasteiger charge is 2.46. The lowest BCUT2D eigenvalue weighted by atomic mass is 9.94. The van der Waals surface area contributed by atoms with Gasteiger partial charge < -0.3 is 24.4 Å². The Bertz CT molecular complexity index is 1300. The standard InChI is InChI=1S/C29H31N3O5/c1-5-36-22-14-15-23(24(17-22)37-6-2)27(33)25-26(19-10-12-21(13-11-19)31(3)4)32(29(35)28(25)34)18-20-9-7-8-16-30-20/h7-17,26,33H,5-6,18H2,1-4H3/b27-25-. The number of aliphatic hydroxyl groups is 1. The van der Waals surface area contributed by atoms with Crippen LogP contribution in [0.4, 0.5) is 5.69 Å². The van der Waals surface area contributed by atoms with E-state index in [1.165, 1.54) is 4.90 Å². The van der Waals surface area contributed by atoms with Crippen molar-refractivity contribution in [2.24, 2.45) is 0 Å². The van der Waals surface area contributed by atoms with Gasteiger partial charge in [0.25, 0.3) is 11.7 Å². The number of amides is 1. The summed E-state index contributed by atoms with van der Waals surface area (Å²) in [5, 5.41) is 11.5. The minimum Gasteiger partial charge on any atom is -0.507 e. The molecule has 2 aromatic carbocycles. The van der Waals surface area contributed by atoms with Crippen LogP contribution in [0, 0.1) is 0 Å². The van der Waals surface area contributed by atoms with Gasteiger partial charge in [-0.25, -0.2) is 0 Å². The highest BCUT2D eigenvalue weighted by atomic mass is 16.5. The predicted octanol–water partition coefficient (Wildman–Crippen LogP) is 4.57. The zero-order valence-electron chi connectivity index (χ0n) is 21.5. The number of carbonyl (C=O) groups excluding carboxylic acids is 2. The van der Waals surface area contributed by atoms with Gasteiger partial charge in [0.05, 0.1) is 42.6 Å². The van der Waals surface area contributed by atoms with Gasteiger partial charge in [0.1, 0.15) is 17.3 Å². The lowest BCUT2D eigenvalue weighted by Crippen LogP contribution is -2.29. The van der Waals surface area contributed by atoms with Crippen LogP contribution in [0.5, 0.6) is 11.5 Å². The summed E-state index contributed by atoms with van der Waals surface area (Å²) < 4.78 is 11.4. The average molecular weight is 502 g/mol. The molecule has 1 unspecified atom stereocenters. The molecule has 1 aliphatic rings. The van der Waals surface area contributed by atoms with Gasteiger partial charge in [-0.2, -0.15) is 0 Å². The van der Waals surface area contributed by atoms with Crippen molar-refractivity contribution in [2.45, 2.75) is 26.4 Å². The molecular weight excluding hydrogens is 470 g/mol. The second-order valence-electron chi connectivity index (χ2n) is 8.76. The molecular formula is C29H31N3O5. The summed E-state index contributed by atoms with van der Waals surface area (Å²) in [5.41, 5.74) is 2.62. The van der Waals surface area contributed by atoms with Gasteiger partial charge in [-0.15, -0.1) is 0 Å². The minimum absolute atomic E-state index is 0.00338. The first-order valence-corrected chi connectivity index (χ1v) is 12.2. The first-order valence-electron chi connectivity index (χ1n) is 12.2. The maximum atomic E-state index is 13.4. The number of likely N-dealkylation sites (tertiary alicyclic amines) is 1. The number of benzene rings is 2. The number of anilines is 1. The molecule has 0 radical (unpaired) electrons. The van der Waals surface area contributed by atoms with Crippen molar-refractivity contribution in [1.82, 2.24) is 9.88 Å². The molecule has 2 heterocycles. The Labute approximate surface area is 216 Å². The molecule has 1 aliphatic heterocycles. The first-order chi connectivity index (χ1) is 17.8. The Hall–Kier alpha value is -4.33. The van der Waals surface area contributed by atoms with Crippen LogP contribution in [0.1, 0.15) is 36.7 Å². The maximum absolute atomic E-state index is 13.4. The van der Waals surface area contributed by atoms with E-state index in [0.717, 1.165) is 5.69 Å². The van der Waals surface area contributed by atoms with Gasteiger partial charge in [0, 0.05) is 32.0 Å². The molecule has 0 bridgehead atoms. The lowest BCUT2D eigenvalue weighted by Gasteiger charge is -2.26. The van der Waals surface area contributed by atoms with E-state index < -0.39 is 17.7 Å². The monoisotopic (exact) mass is 501 g/mol. The van der Waals surface area contributed by atoms with E-state index in [-0.39, 0.29) is 17.9 Å². The fourth-order valence-corrected chi connectivity index (χ4v) is 4.39. The Morgan fingerprint density at radius 3 is 2.35 bits per heavy atom. The van der Waals surface area contributed by atoms with Gasteiger partial charge in [0.2, 0.25) is 0 Å². The number of ether oxygens (including phenoxy) is 2. The Morgan fingerprint density at radius 2 is 1.73 bits per heavy atom. The molecule has 8 nitrogen and oxygen atoms in total. The van der Waals surface area contributed by atoms with Gasteiger partial charge in [-0.3, -0.25) is 14.6 Å². The fraction of sp³-hybridized carbons (Fsp3) is 0.276. The number of aliphatic hydroxyl groups excluding tert-OH is 1. The van der Waals surface area contributed by atoms with Gasteiger partial charge >= 0.3 is 0 Å². The van der Waals surface area contributed by atoms with E-state index in [4.69, 9.17) is 9.47 Å². The zero-order valence-corrected chi connectivity index (χ0v) is 21.5. The molecule has 1 atom stereocenters. The quantitative estimate of drug-likeness (QED) is 0.261. The van der Waals surface area contributed by atoms with E-state index in [0.29, 0.717) is 41.5 Å². The van der Waals surface area contributed by atoms with E-state index in [1.54, 1.807) is 36.5 Å². The Balaban J connectivity index is 1.87. The third-order valence-corrected chi connectivity index (χ3v) is 6.14. The van der Waals surface area contributed by atoms with Crippen molar-refractivity contribution in [3.8, 4) is 11.5 Å². The third-order valence-electron chi connectivity index (χ3n) is 6.14. The molecule has 192 valence electrons. The Morgan fingerprint density at radius 1 is 1.00 bits per heavy atom. The highest BCUT2D eigenvalue weighted by molar-refractivity contribution is 6.46. The summed E-state index contributed by atoms with van der Waals surface area (Å²) in [6.07, 6.45) is 1.64. The molecule has 3 aromatic rings. The second kappa shape index (κ2) is 11.2. The van der Waals surface area contributed by atoms with Gasteiger partial charge in [-0.05, 0) is 55.8 Å². The number of pyridine rings is 1. The van der Waals surface area contributed by atoms with Crippen molar-refractivity contribution in [2.75, 3.05) is 32.2 Å². The number of hydrogen-bond donors (Lipinski definition) is 1. The Kier molecular flexibility index (Phi) is 7.77. The predicted molar refractivity (Wildman–Crippen MR) is 142 cm³/mol.